The molecule has 0 aromatic rings. The lowest BCUT2D eigenvalue weighted by Crippen LogP contribution is -2.51. The monoisotopic (exact) mass is 516 g/mol. The Kier molecular flexibility index (Phi) is 8.57. The molecule has 4 aliphatic rings. The van der Waals surface area contributed by atoms with Crippen LogP contribution < -0.4 is 0 Å². The van der Waals surface area contributed by atoms with E-state index in [-0.39, 0.29) is 5.97 Å². The molecule has 3 fully saturated rings. The van der Waals surface area contributed by atoms with Gasteiger partial charge in [0.2, 0.25) is 0 Å². The average Bonchev–Trinajstić information content (AvgIpc) is 3.16. The van der Waals surface area contributed by atoms with Gasteiger partial charge in [-0.2, -0.15) is 0 Å². The first-order valence-corrected chi connectivity index (χ1v) is 18.4. The van der Waals surface area contributed by atoms with E-state index in [0.717, 1.165) is 30.1 Å². The number of ether oxygens (including phenoxy) is 1. The molecule has 3 nitrogen and oxygen atoms in total. The minimum Gasteiger partial charge on any atom is -0.466 e. The highest BCUT2D eigenvalue weighted by atomic mass is 28.4. The van der Waals surface area contributed by atoms with Crippen molar-refractivity contribution in [1.82, 2.24) is 0 Å². The van der Waals surface area contributed by atoms with Gasteiger partial charge in [-0.15, -0.1) is 0 Å². The summed E-state index contributed by atoms with van der Waals surface area (Å²) in [7, 11) is -1.60. The number of fused-ring (bicyclic) bond motifs is 5. The van der Waals surface area contributed by atoms with E-state index in [1.807, 2.05) is 6.92 Å². The van der Waals surface area contributed by atoms with Crippen LogP contribution in [0, 0.1) is 40.4 Å². The number of hydrogen-bond acceptors (Lipinski definition) is 3. The Hall–Kier alpha value is -0.613. The van der Waals surface area contributed by atoms with Gasteiger partial charge in [0, 0.05) is 12.5 Å². The summed E-state index contributed by atoms with van der Waals surface area (Å²) in [4.78, 5) is 11.8. The largest absolute Gasteiger partial charge is 0.466 e. The van der Waals surface area contributed by atoms with E-state index >= 15 is 0 Å². The van der Waals surface area contributed by atoms with Gasteiger partial charge in [0.05, 0.1) is 6.61 Å². The molecule has 8 atom stereocenters. The summed E-state index contributed by atoms with van der Waals surface area (Å²) in [5, 5.41) is 0. The van der Waals surface area contributed by atoms with Crippen LogP contribution in [0.3, 0.4) is 0 Å². The highest BCUT2D eigenvalue weighted by Gasteiger charge is 2.59. The highest BCUT2D eigenvalue weighted by Crippen LogP contribution is 2.67. The Morgan fingerprint density at radius 1 is 1.08 bits per heavy atom. The molecule has 0 N–H and O–H groups in total. The van der Waals surface area contributed by atoms with Crippen LogP contribution in [0.5, 0.6) is 0 Å². The van der Waals surface area contributed by atoms with Gasteiger partial charge in [0.15, 0.2) is 8.32 Å². The van der Waals surface area contributed by atoms with E-state index in [1.54, 1.807) is 5.57 Å². The predicted molar refractivity (Wildman–Crippen MR) is 152 cm³/mol. The van der Waals surface area contributed by atoms with E-state index in [9.17, 15) is 4.79 Å². The van der Waals surface area contributed by atoms with Crippen molar-refractivity contribution in [2.24, 2.45) is 40.4 Å². The molecule has 3 saturated carbocycles. The zero-order valence-corrected chi connectivity index (χ0v) is 25.8. The summed E-state index contributed by atoms with van der Waals surface area (Å²) >= 11 is 0. The first-order valence-electron chi connectivity index (χ1n) is 15.4. The Morgan fingerprint density at radius 3 is 2.53 bits per heavy atom. The fourth-order valence-corrected chi connectivity index (χ4v) is 10.6. The Bertz CT molecular complexity index is 818. The second kappa shape index (κ2) is 10.9. The number of hydrogen-bond donors (Lipinski definition) is 0. The molecule has 0 unspecified atom stereocenters. The second-order valence-corrected chi connectivity index (χ2v) is 19.0. The molecule has 0 aliphatic heterocycles. The van der Waals surface area contributed by atoms with Crippen molar-refractivity contribution < 1.29 is 14.0 Å². The third-order valence-corrected chi connectivity index (χ3v) is 15.7. The maximum atomic E-state index is 11.8. The van der Waals surface area contributed by atoms with Crippen molar-refractivity contribution in [3.63, 3.8) is 0 Å². The van der Waals surface area contributed by atoms with E-state index < -0.39 is 8.32 Å². The fraction of sp³-hybridized carbons (Fsp3) is 0.906. The molecule has 0 radical (unpaired) electrons. The standard InChI is InChI=1S/C32H56O3Si/c1-9-34-30(33)12-10-11-23(4)27-15-16-28-26-14-13-24-21-25(35-36(7,8)22(2)3)17-19-31(24,5)29(26)18-20-32(27,28)6/h13,22-23,25-29H,9-12,14-21H2,1-8H3/t23-,25+,26+,27-,28+,29+,31+,32-/m1/s1. The zero-order chi connectivity index (χ0) is 26.3. The van der Waals surface area contributed by atoms with E-state index in [2.05, 4.69) is 53.8 Å². The Morgan fingerprint density at radius 2 is 1.83 bits per heavy atom. The SMILES string of the molecule is CCOC(=O)CCC[C@@H](C)[C@H]1CC[C@H]2[C@@H]3CC=C4C[C@@H](O[Si](C)(C)C(C)C)CC[C@]4(C)[C@H]3CC[C@]12C. The number of rotatable bonds is 9. The Labute approximate surface area is 223 Å². The van der Waals surface area contributed by atoms with E-state index in [4.69, 9.17) is 9.16 Å². The third kappa shape index (κ3) is 5.29. The first kappa shape index (κ1) is 28.4. The first-order chi connectivity index (χ1) is 16.9. The summed E-state index contributed by atoms with van der Waals surface area (Å²) in [6.45, 7) is 19.7. The molecule has 0 amide bonds. The smallest absolute Gasteiger partial charge is 0.305 e. The molecule has 4 aliphatic carbocycles. The van der Waals surface area contributed by atoms with Crippen LogP contribution in [0.2, 0.25) is 18.6 Å². The van der Waals surface area contributed by atoms with Crippen molar-refractivity contribution in [1.29, 1.82) is 0 Å². The fourth-order valence-electron chi connectivity index (χ4n) is 9.27. The molecule has 206 valence electrons. The number of allylic oxidation sites excluding steroid dienone is 1. The molecule has 0 aromatic heterocycles. The van der Waals surface area contributed by atoms with Gasteiger partial charge in [0.1, 0.15) is 0 Å². The van der Waals surface area contributed by atoms with Gasteiger partial charge < -0.3 is 9.16 Å². The van der Waals surface area contributed by atoms with Crippen molar-refractivity contribution in [3.05, 3.63) is 11.6 Å². The van der Waals surface area contributed by atoms with Crippen LogP contribution in [0.15, 0.2) is 11.6 Å². The van der Waals surface area contributed by atoms with Gasteiger partial charge in [-0.3, -0.25) is 4.79 Å². The van der Waals surface area contributed by atoms with Gasteiger partial charge in [-0.05, 0) is 130 Å². The van der Waals surface area contributed by atoms with Crippen LogP contribution in [-0.2, 0) is 14.0 Å². The van der Waals surface area contributed by atoms with Crippen LogP contribution >= 0.6 is 0 Å². The average molecular weight is 517 g/mol. The molecule has 0 heterocycles. The molecule has 0 saturated heterocycles. The minimum absolute atomic E-state index is 0.0195. The van der Waals surface area contributed by atoms with Crippen LogP contribution in [0.4, 0.5) is 0 Å². The number of esters is 1. The van der Waals surface area contributed by atoms with Gasteiger partial charge >= 0.3 is 5.97 Å². The predicted octanol–water partition coefficient (Wildman–Crippen LogP) is 8.94. The summed E-state index contributed by atoms with van der Waals surface area (Å²) in [6, 6.07) is 0. The summed E-state index contributed by atoms with van der Waals surface area (Å²) in [5.74, 6) is 4.12. The zero-order valence-electron chi connectivity index (χ0n) is 24.8. The molecule has 0 aromatic carbocycles. The third-order valence-electron chi connectivity index (χ3n) is 12.0. The quantitative estimate of drug-likeness (QED) is 0.174. The number of carbonyl (C=O) groups excluding carboxylic acids is 1. The van der Waals surface area contributed by atoms with Crippen molar-refractivity contribution >= 4 is 14.3 Å². The van der Waals surface area contributed by atoms with Crippen LogP contribution in [0.1, 0.15) is 112 Å². The lowest BCUT2D eigenvalue weighted by atomic mass is 9.47. The maximum Gasteiger partial charge on any atom is 0.305 e. The molecule has 4 heteroatoms. The normalized spacial score (nSPS) is 39.1. The lowest BCUT2D eigenvalue weighted by molar-refractivity contribution is -0.143. The molecular formula is C32H56O3Si. The topological polar surface area (TPSA) is 35.5 Å². The molecule has 36 heavy (non-hydrogen) atoms. The summed E-state index contributed by atoms with van der Waals surface area (Å²) in [6.07, 6.45) is 16.6. The van der Waals surface area contributed by atoms with Gasteiger partial charge in [-0.25, -0.2) is 0 Å². The molecule has 4 rings (SSSR count). The lowest BCUT2D eigenvalue weighted by Gasteiger charge is -2.59. The van der Waals surface area contributed by atoms with Crippen molar-refractivity contribution in [2.45, 2.75) is 137 Å². The summed E-state index contributed by atoms with van der Waals surface area (Å²) < 4.78 is 12.0. The van der Waals surface area contributed by atoms with Crippen molar-refractivity contribution in [2.75, 3.05) is 6.61 Å². The van der Waals surface area contributed by atoms with E-state index in [1.165, 1.54) is 57.8 Å². The van der Waals surface area contributed by atoms with Crippen LogP contribution in [0.25, 0.3) is 0 Å². The van der Waals surface area contributed by atoms with E-state index in [0.29, 0.717) is 41.4 Å². The highest BCUT2D eigenvalue weighted by molar-refractivity contribution is 6.72. The van der Waals surface area contributed by atoms with Gasteiger partial charge in [0.25, 0.3) is 0 Å². The number of carbonyl (C=O) groups is 1. The maximum absolute atomic E-state index is 11.8. The van der Waals surface area contributed by atoms with Gasteiger partial charge in [-0.1, -0.05) is 46.3 Å². The molecule has 0 spiro atoms. The molecular weight excluding hydrogens is 460 g/mol. The Balaban J connectivity index is 1.41. The second-order valence-electron chi connectivity index (χ2n) is 14.4. The van der Waals surface area contributed by atoms with Crippen LogP contribution in [-0.4, -0.2) is 27.0 Å². The van der Waals surface area contributed by atoms with Crippen molar-refractivity contribution in [3.8, 4) is 0 Å². The molecule has 0 bridgehead atoms. The summed E-state index contributed by atoms with van der Waals surface area (Å²) in [5.41, 5.74) is 3.31. The minimum atomic E-state index is -1.60.